The second-order valence-electron chi connectivity index (χ2n) is 3.71. The van der Waals surface area contributed by atoms with E-state index in [0.29, 0.717) is 13.0 Å². The Kier molecular flexibility index (Phi) is 4.44. The Balaban J connectivity index is 2.51. The van der Waals surface area contributed by atoms with Crippen molar-refractivity contribution in [2.75, 3.05) is 30.9 Å². The van der Waals surface area contributed by atoms with Crippen LogP contribution in [-0.2, 0) is 0 Å². The van der Waals surface area contributed by atoms with Crippen molar-refractivity contribution in [3.05, 3.63) is 24.3 Å². The number of nitrogens with one attached hydrogen (secondary N) is 1. The average molecular weight is 222 g/mol. The zero-order valence-corrected chi connectivity index (χ0v) is 9.64. The van der Waals surface area contributed by atoms with Crippen LogP contribution in [-0.4, -0.2) is 31.7 Å². The summed E-state index contributed by atoms with van der Waals surface area (Å²) in [6, 6.07) is 8.06. The standard InChI is InChI=1S/C11H18N4O/c1-15(2)10-5-3-4-9(8-10)13-7-6-11(12)14-16/h3-5,8,13,16H,6-7H2,1-2H3,(H2,12,14). The van der Waals surface area contributed by atoms with Crippen LogP contribution < -0.4 is 16.0 Å². The minimum atomic E-state index is 0.233. The molecule has 0 aliphatic rings. The Labute approximate surface area is 95.5 Å². The predicted octanol–water partition coefficient (Wildman–Crippen LogP) is 1.30. The molecule has 0 heterocycles. The molecule has 0 atom stereocenters. The maximum atomic E-state index is 8.38. The Morgan fingerprint density at radius 1 is 1.50 bits per heavy atom. The molecule has 0 fully saturated rings. The highest BCUT2D eigenvalue weighted by molar-refractivity contribution is 5.80. The number of nitrogens with zero attached hydrogens (tertiary/aromatic N) is 2. The summed E-state index contributed by atoms with van der Waals surface area (Å²) in [5.41, 5.74) is 7.53. The molecule has 0 spiro atoms. The molecular formula is C11H18N4O. The second-order valence-corrected chi connectivity index (χ2v) is 3.71. The van der Waals surface area contributed by atoms with Gasteiger partial charge in [0.25, 0.3) is 0 Å². The fourth-order valence-corrected chi connectivity index (χ4v) is 1.28. The lowest BCUT2D eigenvalue weighted by Crippen LogP contribution is -2.16. The number of benzene rings is 1. The van der Waals surface area contributed by atoms with Crippen molar-refractivity contribution in [2.45, 2.75) is 6.42 Å². The van der Waals surface area contributed by atoms with Gasteiger partial charge in [0.15, 0.2) is 0 Å². The number of hydrogen-bond acceptors (Lipinski definition) is 4. The topological polar surface area (TPSA) is 73.9 Å². The van der Waals surface area contributed by atoms with Crippen molar-refractivity contribution in [3.8, 4) is 0 Å². The number of oxime groups is 1. The van der Waals surface area contributed by atoms with Gasteiger partial charge >= 0.3 is 0 Å². The fourth-order valence-electron chi connectivity index (χ4n) is 1.28. The fraction of sp³-hybridized carbons (Fsp3) is 0.364. The Morgan fingerprint density at radius 2 is 2.25 bits per heavy atom. The van der Waals surface area contributed by atoms with E-state index >= 15 is 0 Å². The summed E-state index contributed by atoms with van der Waals surface area (Å²) < 4.78 is 0. The van der Waals surface area contributed by atoms with Crippen LogP contribution in [0.1, 0.15) is 6.42 Å². The minimum absolute atomic E-state index is 0.233. The third kappa shape index (κ3) is 3.68. The lowest BCUT2D eigenvalue weighted by Gasteiger charge is -2.14. The maximum Gasteiger partial charge on any atom is 0.140 e. The summed E-state index contributed by atoms with van der Waals surface area (Å²) in [6.07, 6.45) is 0.517. The SMILES string of the molecule is CN(C)c1cccc(NCC/C(N)=N/O)c1. The molecule has 0 amide bonds. The number of anilines is 2. The highest BCUT2D eigenvalue weighted by Crippen LogP contribution is 2.16. The largest absolute Gasteiger partial charge is 0.409 e. The second kappa shape index (κ2) is 5.85. The first kappa shape index (κ1) is 12.2. The van der Waals surface area contributed by atoms with E-state index in [0.717, 1.165) is 11.4 Å². The quantitative estimate of drug-likeness (QED) is 0.304. The van der Waals surface area contributed by atoms with E-state index in [-0.39, 0.29) is 5.84 Å². The van der Waals surface area contributed by atoms with Crippen molar-refractivity contribution in [3.63, 3.8) is 0 Å². The summed E-state index contributed by atoms with van der Waals surface area (Å²) in [6.45, 7) is 0.646. The lowest BCUT2D eigenvalue weighted by molar-refractivity contribution is 0.317. The summed E-state index contributed by atoms with van der Waals surface area (Å²) in [5.74, 6) is 0.233. The third-order valence-electron chi connectivity index (χ3n) is 2.20. The number of rotatable bonds is 5. The predicted molar refractivity (Wildman–Crippen MR) is 67.3 cm³/mol. The molecule has 88 valence electrons. The summed E-state index contributed by atoms with van der Waals surface area (Å²) in [7, 11) is 3.99. The van der Waals surface area contributed by atoms with Crippen LogP contribution >= 0.6 is 0 Å². The van der Waals surface area contributed by atoms with Gasteiger partial charge in [0.2, 0.25) is 0 Å². The molecule has 16 heavy (non-hydrogen) atoms. The van der Waals surface area contributed by atoms with Gasteiger partial charge in [-0.25, -0.2) is 0 Å². The molecule has 0 saturated carbocycles. The van der Waals surface area contributed by atoms with Gasteiger partial charge in [0.1, 0.15) is 5.84 Å². The van der Waals surface area contributed by atoms with Gasteiger partial charge in [-0.2, -0.15) is 0 Å². The van der Waals surface area contributed by atoms with E-state index in [1.807, 2.05) is 43.3 Å². The third-order valence-corrected chi connectivity index (χ3v) is 2.20. The summed E-state index contributed by atoms with van der Waals surface area (Å²) in [5, 5.41) is 14.5. The minimum Gasteiger partial charge on any atom is -0.409 e. The highest BCUT2D eigenvalue weighted by Gasteiger charge is 1.98. The van der Waals surface area contributed by atoms with E-state index in [9.17, 15) is 0 Å². The Morgan fingerprint density at radius 3 is 2.88 bits per heavy atom. The molecule has 1 aromatic rings. The van der Waals surface area contributed by atoms with Gasteiger partial charge in [-0.15, -0.1) is 0 Å². The molecule has 0 unspecified atom stereocenters. The molecule has 4 N–H and O–H groups in total. The van der Waals surface area contributed by atoms with Gasteiger partial charge in [0, 0.05) is 38.4 Å². The van der Waals surface area contributed by atoms with E-state index in [1.54, 1.807) is 0 Å². The molecule has 1 aromatic carbocycles. The number of nitrogens with two attached hydrogens (primary N) is 1. The van der Waals surface area contributed by atoms with Crippen LogP contribution in [0.25, 0.3) is 0 Å². The van der Waals surface area contributed by atoms with Crippen LogP contribution in [0.4, 0.5) is 11.4 Å². The van der Waals surface area contributed by atoms with Crippen LogP contribution in [0.15, 0.2) is 29.4 Å². The zero-order valence-electron chi connectivity index (χ0n) is 9.64. The molecule has 0 radical (unpaired) electrons. The molecule has 0 aromatic heterocycles. The summed E-state index contributed by atoms with van der Waals surface area (Å²) in [4.78, 5) is 2.04. The van der Waals surface area contributed by atoms with Crippen LogP contribution in [0.2, 0.25) is 0 Å². The highest BCUT2D eigenvalue weighted by atomic mass is 16.4. The van der Waals surface area contributed by atoms with Crippen LogP contribution in [0.3, 0.4) is 0 Å². The van der Waals surface area contributed by atoms with Gasteiger partial charge in [-0.3, -0.25) is 0 Å². The van der Waals surface area contributed by atoms with Gasteiger partial charge < -0.3 is 21.2 Å². The van der Waals surface area contributed by atoms with Crippen LogP contribution in [0, 0.1) is 0 Å². The van der Waals surface area contributed by atoms with Gasteiger partial charge in [0.05, 0.1) is 0 Å². The van der Waals surface area contributed by atoms with Crippen molar-refractivity contribution in [2.24, 2.45) is 10.9 Å². The molecule has 0 saturated heterocycles. The average Bonchev–Trinajstić information content (AvgIpc) is 2.29. The van der Waals surface area contributed by atoms with Crippen LogP contribution in [0.5, 0.6) is 0 Å². The molecule has 5 heteroatoms. The molecule has 0 aliphatic heterocycles. The molecule has 5 nitrogen and oxygen atoms in total. The number of amidine groups is 1. The van der Waals surface area contributed by atoms with Crippen molar-refractivity contribution >= 4 is 17.2 Å². The monoisotopic (exact) mass is 222 g/mol. The van der Waals surface area contributed by atoms with Crippen molar-refractivity contribution in [1.29, 1.82) is 0 Å². The first-order valence-corrected chi connectivity index (χ1v) is 5.11. The lowest BCUT2D eigenvalue weighted by atomic mass is 10.2. The molecule has 0 aliphatic carbocycles. The van der Waals surface area contributed by atoms with Gasteiger partial charge in [-0.05, 0) is 18.2 Å². The first-order chi connectivity index (χ1) is 7.63. The smallest absolute Gasteiger partial charge is 0.140 e. The first-order valence-electron chi connectivity index (χ1n) is 5.11. The van der Waals surface area contributed by atoms with E-state index in [2.05, 4.69) is 10.5 Å². The van der Waals surface area contributed by atoms with E-state index in [1.165, 1.54) is 0 Å². The van der Waals surface area contributed by atoms with Crippen molar-refractivity contribution in [1.82, 2.24) is 0 Å². The molecular weight excluding hydrogens is 204 g/mol. The van der Waals surface area contributed by atoms with Crippen molar-refractivity contribution < 1.29 is 5.21 Å². The van der Waals surface area contributed by atoms with E-state index < -0.39 is 0 Å². The number of hydrogen-bond donors (Lipinski definition) is 3. The Hall–Kier alpha value is -1.91. The zero-order chi connectivity index (χ0) is 12.0. The molecule has 0 bridgehead atoms. The Bertz CT molecular complexity index is 363. The van der Waals surface area contributed by atoms with Gasteiger partial charge in [-0.1, -0.05) is 11.2 Å². The normalized spacial score (nSPS) is 11.2. The summed E-state index contributed by atoms with van der Waals surface area (Å²) >= 11 is 0. The van der Waals surface area contributed by atoms with E-state index in [4.69, 9.17) is 10.9 Å². The maximum absolute atomic E-state index is 8.38. The molecule has 1 rings (SSSR count).